The smallest absolute Gasteiger partial charge is 0.435 e. The van der Waals surface area contributed by atoms with Gasteiger partial charge in [0.15, 0.2) is 11.5 Å². The van der Waals surface area contributed by atoms with E-state index in [-0.39, 0.29) is 33.0 Å². The number of pyridine rings is 1. The average molecular weight is 750 g/mol. The third-order valence-corrected chi connectivity index (χ3v) is 9.80. The van der Waals surface area contributed by atoms with Gasteiger partial charge in [0, 0.05) is 35.7 Å². The fraction of sp³-hybridized carbons (Fsp3) is 0.139. The molecule has 3 aromatic heterocycles. The van der Waals surface area contributed by atoms with E-state index >= 15 is 0 Å². The minimum Gasteiger partial charge on any atom is -0.491 e. The molecule has 3 aromatic carbocycles. The number of rotatable bonds is 8. The fourth-order valence-electron chi connectivity index (χ4n) is 5.59. The summed E-state index contributed by atoms with van der Waals surface area (Å²) in [6.45, 7) is 2.24. The normalized spacial score (nSPS) is 14.7. The Hall–Kier alpha value is -5.24. The van der Waals surface area contributed by atoms with Crippen LogP contribution in [-0.2, 0) is 17.5 Å². The zero-order valence-electron chi connectivity index (χ0n) is 26.5. The lowest BCUT2D eigenvalue weighted by molar-refractivity contribution is -0.141. The van der Waals surface area contributed by atoms with Crippen LogP contribution in [0.25, 0.3) is 26.8 Å². The van der Waals surface area contributed by atoms with Crippen LogP contribution < -0.4 is 10.6 Å². The van der Waals surface area contributed by atoms with Crippen molar-refractivity contribution in [3.63, 3.8) is 0 Å². The highest BCUT2D eigenvalue weighted by Crippen LogP contribution is 2.37. The van der Waals surface area contributed by atoms with Crippen LogP contribution in [0.3, 0.4) is 0 Å². The molecule has 258 valence electrons. The van der Waals surface area contributed by atoms with Crippen LogP contribution in [0.4, 0.5) is 18.9 Å². The number of anilines is 1. The highest BCUT2D eigenvalue weighted by molar-refractivity contribution is 7.18. The lowest BCUT2D eigenvalue weighted by atomic mass is 9.96. The highest BCUT2D eigenvalue weighted by Gasteiger charge is 2.37. The molecule has 3 heterocycles. The Kier molecular flexibility index (Phi) is 9.27. The second kappa shape index (κ2) is 13.8. The van der Waals surface area contributed by atoms with Gasteiger partial charge in [0.2, 0.25) is 0 Å². The largest absolute Gasteiger partial charge is 0.491 e. The van der Waals surface area contributed by atoms with Crippen molar-refractivity contribution >= 4 is 73.0 Å². The molecule has 2 N–H and O–H groups in total. The number of alkyl halides is 3. The molecule has 0 saturated heterocycles. The molecule has 0 aliphatic heterocycles. The van der Waals surface area contributed by atoms with E-state index in [4.69, 9.17) is 27.9 Å². The Bertz CT molecular complexity index is 2370. The number of nitrogens with one attached hydrogen (secondary N) is 2. The Morgan fingerprint density at radius 2 is 1.78 bits per heavy atom. The summed E-state index contributed by atoms with van der Waals surface area (Å²) in [4.78, 5) is 36.3. The van der Waals surface area contributed by atoms with Gasteiger partial charge < -0.3 is 15.4 Å². The van der Waals surface area contributed by atoms with Gasteiger partial charge in [-0.25, -0.2) is 14.6 Å². The third-order valence-electron chi connectivity index (χ3n) is 8.11. The maximum atomic E-state index is 13.9. The summed E-state index contributed by atoms with van der Waals surface area (Å²) in [7, 11) is 0. The highest BCUT2D eigenvalue weighted by atomic mass is 35.5. The monoisotopic (exact) mass is 748 g/mol. The minimum atomic E-state index is -4.88. The Labute approximate surface area is 302 Å². The number of halogens is 5. The molecule has 1 aliphatic carbocycles. The number of aromatic nitrogens is 4. The number of allylic oxidation sites excluding steroid dienone is 4. The van der Waals surface area contributed by atoms with Crippen LogP contribution in [0.2, 0.25) is 10.0 Å². The molecule has 51 heavy (non-hydrogen) atoms. The second-order valence-electron chi connectivity index (χ2n) is 11.6. The van der Waals surface area contributed by atoms with E-state index < -0.39 is 29.4 Å². The fourth-order valence-corrected chi connectivity index (χ4v) is 6.99. The first kappa shape index (κ1) is 34.2. The van der Waals surface area contributed by atoms with Crippen LogP contribution in [-0.4, -0.2) is 31.6 Å². The Morgan fingerprint density at radius 1 is 1.00 bits per heavy atom. The third kappa shape index (κ3) is 7.05. The van der Waals surface area contributed by atoms with Crippen LogP contribution in [0.1, 0.15) is 44.9 Å². The number of para-hydroxylation sites is 1. The number of thiazole rings is 1. The van der Waals surface area contributed by atoms with Gasteiger partial charge in [-0.15, -0.1) is 11.3 Å². The number of carbonyl (C=O) groups excluding carboxylic acids is 2. The van der Waals surface area contributed by atoms with Gasteiger partial charge in [0.05, 0.1) is 37.3 Å². The topological polar surface area (TPSA) is 111 Å². The first-order chi connectivity index (χ1) is 24.5. The molecule has 0 spiro atoms. The molecular formula is C36H25Cl2F3N6O3S. The average Bonchev–Trinajstić information content (AvgIpc) is 3.75. The quantitative estimate of drug-likeness (QED) is 0.161. The van der Waals surface area contributed by atoms with Gasteiger partial charge in [0.1, 0.15) is 17.3 Å². The molecule has 7 rings (SSSR count). The van der Waals surface area contributed by atoms with Crippen LogP contribution in [0, 0.1) is 5.92 Å². The zero-order chi connectivity index (χ0) is 35.9. The molecule has 1 aliphatic rings. The van der Waals surface area contributed by atoms with Gasteiger partial charge in [-0.2, -0.15) is 18.3 Å². The Balaban J connectivity index is 1.17. The van der Waals surface area contributed by atoms with E-state index in [2.05, 4.69) is 25.7 Å². The van der Waals surface area contributed by atoms with E-state index in [9.17, 15) is 22.8 Å². The SMILES string of the molecule is CC1CC(OCc2nc3ccccc3s2)=CC=C1NC(=O)c1cc2ccccc2c(Cl)c1NC(=O)c1cc(C(F)(F)F)nn1-c1ncccc1Cl. The van der Waals surface area contributed by atoms with Crippen molar-refractivity contribution in [2.24, 2.45) is 5.92 Å². The number of benzene rings is 3. The van der Waals surface area contributed by atoms with Crippen molar-refractivity contribution in [3.8, 4) is 5.82 Å². The molecule has 1 atom stereocenters. The standard InChI is InChI=1S/C36H25Cl2F3N6O3S/c1-19-15-21(50-18-30-43-26-10-4-5-11-28(26)51-30)12-13-25(19)44-34(48)23-16-20-7-2-3-8-22(20)31(38)32(23)45-35(49)27-17-29(36(39,40)41)46-47(27)33-24(37)9-6-14-42-33/h2-14,16-17,19H,15,18H2,1H3,(H,44,48)(H,45,49). The molecule has 0 bridgehead atoms. The van der Waals surface area contributed by atoms with Gasteiger partial charge in [-0.3, -0.25) is 9.59 Å². The molecule has 6 aromatic rings. The van der Waals surface area contributed by atoms with Crippen LogP contribution in [0.5, 0.6) is 0 Å². The summed E-state index contributed by atoms with van der Waals surface area (Å²) in [5.41, 5.74) is -0.495. The molecular weight excluding hydrogens is 724 g/mol. The van der Waals surface area contributed by atoms with Crippen molar-refractivity contribution < 1.29 is 27.5 Å². The van der Waals surface area contributed by atoms with Crippen LogP contribution in [0.15, 0.2) is 103 Å². The lowest BCUT2D eigenvalue weighted by Crippen LogP contribution is -2.29. The number of hydrogen-bond donors (Lipinski definition) is 2. The summed E-state index contributed by atoms with van der Waals surface area (Å²) in [5, 5.41) is 11.0. The maximum absolute atomic E-state index is 13.9. The van der Waals surface area contributed by atoms with Crippen molar-refractivity contribution in [1.29, 1.82) is 0 Å². The van der Waals surface area contributed by atoms with E-state index in [0.717, 1.165) is 21.0 Å². The summed E-state index contributed by atoms with van der Waals surface area (Å²) < 4.78 is 49.2. The van der Waals surface area contributed by atoms with E-state index in [1.54, 1.807) is 53.8 Å². The molecule has 0 radical (unpaired) electrons. The predicted octanol–water partition coefficient (Wildman–Crippen LogP) is 9.36. The number of hydrogen-bond acceptors (Lipinski definition) is 7. The van der Waals surface area contributed by atoms with Gasteiger partial charge in [-0.1, -0.05) is 66.5 Å². The van der Waals surface area contributed by atoms with Gasteiger partial charge in [0.25, 0.3) is 11.8 Å². The van der Waals surface area contributed by atoms with Crippen molar-refractivity contribution in [3.05, 3.63) is 135 Å². The Morgan fingerprint density at radius 3 is 2.55 bits per heavy atom. The van der Waals surface area contributed by atoms with E-state index in [0.29, 0.717) is 40.2 Å². The summed E-state index contributed by atoms with van der Waals surface area (Å²) in [6, 6.07) is 19.8. The van der Waals surface area contributed by atoms with Crippen molar-refractivity contribution in [2.45, 2.75) is 26.1 Å². The van der Waals surface area contributed by atoms with Crippen molar-refractivity contribution in [2.75, 3.05) is 5.32 Å². The number of ether oxygens (including phenoxy) is 1. The van der Waals surface area contributed by atoms with E-state index in [1.165, 1.54) is 18.3 Å². The number of fused-ring (bicyclic) bond motifs is 2. The second-order valence-corrected chi connectivity index (χ2v) is 13.5. The first-order valence-corrected chi connectivity index (χ1v) is 17.0. The van der Waals surface area contributed by atoms with Crippen LogP contribution >= 0.6 is 34.5 Å². The minimum absolute atomic E-state index is 0.0139. The zero-order valence-corrected chi connectivity index (χ0v) is 28.8. The first-order valence-electron chi connectivity index (χ1n) is 15.5. The molecule has 15 heteroatoms. The molecule has 9 nitrogen and oxygen atoms in total. The number of amides is 2. The lowest BCUT2D eigenvalue weighted by Gasteiger charge is -2.23. The predicted molar refractivity (Wildman–Crippen MR) is 190 cm³/mol. The van der Waals surface area contributed by atoms with E-state index in [1.807, 2.05) is 31.2 Å². The molecule has 0 fully saturated rings. The summed E-state index contributed by atoms with van der Waals surface area (Å²) in [5.74, 6) is -1.26. The molecule has 2 amide bonds. The van der Waals surface area contributed by atoms with Gasteiger partial charge in [-0.05, 0) is 47.9 Å². The summed E-state index contributed by atoms with van der Waals surface area (Å²) in [6.07, 6.45) is 0.442. The molecule has 0 saturated carbocycles. The molecule has 1 unspecified atom stereocenters. The number of carbonyl (C=O) groups is 2. The van der Waals surface area contributed by atoms with Gasteiger partial charge >= 0.3 is 6.18 Å². The maximum Gasteiger partial charge on any atom is 0.435 e. The van der Waals surface area contributed by atoms with Crippen molar-refractivity contribution in [1.82, 2.24) is 25.1 Å². The number of nitrogens with zero attached hydrogens (tertiary/aromatic N) is 4. The summed E-state index contributed by atoms with van der Waals surface area (Å²) >= 11 is 14.6.